The number of nitrogens with two attached hydrogens (primary N) is 1. The van der Waals surface area contributed by atoms with Gasteiger partial charge in [-0.25, -0.2) is 0 Å². The Morgan fingerprint density at radius 1 is 1.45 bits per heavy atom. The minimum Gasteiger partial charge on any atom is -0.465 e. The Bertz CT molecular complexity index is 346. The van der Waals surface area contributed by atoms with Crippen molar-refractivity contribution in [1.82, 2.24) is 9.80 Å². The zero-order chi connectivity index (χ0) is 14.8. The molecule has 0 bridgehead atoms. The molecule has 2 fully saturated rings. The molecular formula is C15H29N3O2. The van der Waals surface area contributed by atoms with Crippen molar-refractivity contribution in [1.29, 1.82) is 0 Å². The normalized spacial score (nSPS) is 30.8. The van der Waals surface area contributed by atoms with Crippen LogP contribution in [0.3, 0.4) is 0 Å². The van der Waals surface area contributed by atoms with Crippen molar-refractivity contribution in [3.8, 4) is 0 Å². The molecule has 0 aromatic heterocycles. The summed E-state index contributed by atoms with van der Waals surface area (Å²) in [6, 6.07) is 1.25. The van der Waals surface area contributed by atoms with Crippen LogP contribution in [0.4, 0.5) is 0 Å². The highest BCUT2D eigenvalue weighted by Crippen LogP contribution is 2.25. The molecule has 2 N–H and O–H groups in total. The molecule has 0 aliphatic carbocycles. The van der Waals surface area contributed by atoms with Crippen molar-refractivity contribution in [3.63, 3.8) is 0 Å². The number of nitrogens with zero attached hydrogens (tertiary/aromatic N) is 2. The molecule has 0 aromatic carbocycles. The van der Waals surface area contributed by atoms with E-state index in [4.69, 9.17) is 10.5 Å². The van der Waals surface area contributed by atoms with Crippen LogP contribution in [0.15, 0.2) is 0 Å². The summed E-state index contributed by atoms with van der Waals surface area (Å²) in [5.41, 5.74) is 5.23. The van der Waals surface area contributed by atoms with Crippen LogP contribution in [0.1, 0.15) is 40.0 Å². The molecule has 5 heteroatoms. The molecule has 20 heavy (non-hydrogen) atoms. The number of hydrogen-bond donors (Lipinski definition) is 1. The second-order valence-corrected chi connectivity index (χ2v) is 6.52. The minimum absolute atomic E-state index is 0.285. The van der Waals surface area contributed by atoms with Gasteiger partial charge in [-0.3, -0.25) is 14.6 Å². The monoisotopic (exact) mass is 283 g/mol. The van der Waals surface area contributed by atoms with E-state index in [1.807, 2.05) is 6.92 Å². The van der Waals surface area contributed by atoms with Crippen LogP contribution in [0, 0.1) is 0 Å². The topological polar surface area (TPSA) is 58.8 Å². The van der Waals surface area contributed by atoms with E-state index in [1.165, 1.54) is 19.4 Å². The summed E-state index contributed by atoms with van der Waals surface area (Å²) in [7, 11) is 0. The first-order valence-corrected chi connectivity index (χ1v) is 7.88. The Kier molecular flexibility index (Phi) is 5.04. The first kappa shape index (κ1) is 15.7. The van der Waals surface area contributed by atoms with Gasteiger partial charge in [0.1, 0.15) is 5.54 Å². The summed E-state index contributed by atoms with van der Waals surface area (Å²) in [6.45, 7) is 10.6. The fraction of sp³-hybridized carbons (Fsp3) is 0.933. The molecule has 0 saturated carbocycles. The van der Waals surface area contributed by atoms with Gasteiger partial charge in [-0.1, -0.05) is 0 Å². The van der Waals surface area contributed by atoms with E-state index in [-0.39, 0.29) is 5.97 Å². The molecule has 2 aliphatic rings. The SMILES string of the molecule is CCOC(=O)C(C)(N)CCN1CC2CCCN2CC1C. The first-order chi connectivity index (χ1) is 9.44. The van der Waals surface area contributed by atoms with E-state index in [2.05, 4.69) is 16.7 Å². The van der Waals surface area contributed by atoms with Gasteiger partial charge < -0.3 is 10.5 Å². The largest absolute Gasteiger partial charge is 0.465 e. The third-order valence-electron chi connectivity index (χ3n) is 4.73. The van der Waals surface area contributed by atoms with Crippen LogP contribution in [0.5, 0.6) is 0 Å². The molecule has 2 aliphatic heterocycles. The second kappa shape index (κ2) is 6.41. The van der Waals surface area contributed by atoms with E-state index in [1.54, 1.807) is 6.92 Å². The molecule has 0 aromatic rings. The van der Waals surface area contributed by atoms with Gasteiger partial charge in [-0.05, 0) is 46.6 Å². The van der Waals surface area contributed by atoms with Gasteiger partial charge in [0.25, 0.3) is 0 Å². The maximum atomic E-state index is 11.8. The average Bonchev–Trinajstić information content (AvgIpc) is 2.83. The molecule has 3 unspecified atom stereocenters. The molecule has 116 valence electrons. The van der Waals surface area contributed by atoms with Gasteiger partial charge in [-0.2, -0.15) is 0 Å². The molecule has 3 atom stereocenters. The van der Waals surface area contributed by atoms with Gasteiger partial charge in [0.15, 0.2) is 0 Å². The quantitative estimate of drug-likeness (QED) is 0.757. The number of esters is 1. The highest BCUT2D eigenvalue weighted by atomic mass is 16.5. The molecule has 5 nitrogen and oxygen atoms in total. The van der Waals surface area contributed by atoms with Gasteiger partial charge in [-0.15, -0.1) is 0 Å². The van der Waals surface area contributed by atoms with E-state index in [0.717, 1.165) is 19.6 Å². The zero-order valence-corrected chi connectivity index (χ0v) is 13.1. The molecule has 2 saturated heterocycles. The Balaban J connectivity index is 1.85. The molecule has 2 heterocycles. The fourth-order valence-electron chi connectivity index (χ4n) is 3.33. The smallest absolute Gasteiger partial charge is 0.325 e. The molecule has 0 amide bonds. The van der Waals surface area contributed by atoms with Gasteiger partial charge in [0.05, 0.1) is 6.61 Å². The summed E-state index contributed by atoms with van der Waals surface area (Å²) >= 11 is 0. The van der Waals surface area contributed by atoms with E-state index < -0.39 is 5.54 Å². The number of fused-ring (bicyclic) bond motifs is 1. The van der Waals surface area contributed by atoms with Crippen LogP contribution in [-0.4, -0.2) is 66.2 Å². The van der Waals surface area contributed by atoms with Crippen LogP contribution >= 0.6 is 0 Å². The maximum absolute atomic E-state index is 11.8. The Morgan fingerprint density at radius 3 is 2.90 bits per heavy atom. The maximum Gasteiger partial charge on any atom is 0.325 e. The lowest BCUT2D eigenvalue weighted by Gasteiger charge is -2.43. The number of piperazine rings is 1. The van der Waals surface area contributed by atoms with Crippen molar-refractivity contribution >= 4 is 5.97 Å². The summed E-state index contributed by atoms with van der Waals surface area (Å²) in [4.78, 5) is 16.9. The number of hydrogen-bond acceptors (Lipinski definition) is 5. The van der Waals surface area contributed by atoms with E-state index in [9.17, 15) is 4.79 Å². The van der Waals surface area contributed by atoms with E-state index in [0.29, 0.717) is 25.1 Å². The van der Waals surface area contributed by atoms with Crippen molar-refractivity contribution in [2.45, 2.75) is 57.7 Å². The summed E-state index contributed by atoms with van der Waals surface area (Å²) < 4.78 is 5.05. The third kappa shape index (κ3) is 3.51. The first-order valence-electron chi connectivity index (χ1n) is 7.88. The zero-order valence-electron chi connectivity index (χ0n) is 13.1. The highest BCUT2D eigenvalue weighted by Gasteiger charge is 2.36. The van der Waals surface area contributed by atoms with Gasteiger partial charge in [0, 0.05) is 31.7 Å². The van der Waals surface area contributed by atoms with Gasteiger partial charge in [0.2, 0.25) is 0 Å². The summed E-state index contributed by atoms with van der Waals surface area (Å²) in [5.74, 6) is -0.285. The number of carbonyl (C=O) groups is 1. The molecular weight excluding hydrogens is 254 g/mol. The summed E-state index contributed by atoms with van der Waals surface area (Å²) in [5, 5.41) is 0. The molecule has 0 spiro atoms. The van der Waals surface area contributed by atoms with Crippen molar-refractivity contribution in [2.75, 3.05) is 32.8 Å². The molecule has 0 radical (unpaired) electrons. The number of rotatable bonds is 5. The van der Waals surface area contributed by atoms with Crippen LogP contribution < -0.4 is 5.73 Å². The lowest BCUT2D eigenvalue weighted by Crippen LogP contribution is -2.57. The predicted molar refractivity (Wildman–Crippen MR) is 79.5 cm³/mol. The lowest BCUT2D eigenvalue weighted by molar-refractivity contribution is -0.149. The predicted octanol–water partition coefficient (Wildman–Crippen LogP) is 0.826. The van der Waals surface area contributed by atoms with Crippen LogP contribution in [0.2, 0.25) is 0 Å². The van der Waals surface area contributed by atoms with Gasteiger partial charge >= 0.3 is 5.97 Å². The standard InChI is InChI=1S/C15H29N3O2/c1-4-20-14(19)15(3,16)7-9-17-11-13-6-5-8-18(13)10-12(17)2/h12-13H,4-11,16H2,1-3H3. The summed E-state index contributed by atoms with van der Waals surface area (Å²) in [6.07, 6.45) is 3.28. The Morgan fingerprint density at radius 2 is 2.20 bits per heavy atom. The van der Waals surface area contributed by atoms with Crippen molar-refractivity contribution in [3.05, 3.63) is 0 Å². The van der Waals surface area contributed by atoms with Crippen molar-refractivity contribution < 1.29 is 9.53 Å². The van der Waals surface area contributed by atoms with Crippen LogP contribution in [-0.2, 0) is 9.53 Å². The Labute approximate surface area is 122 Å². The molecule has 2 rings (SSSR count). The van der Waals surface area contributed by atoms with E-state index >= 15 is 0 Å². The number of ether oxygens (including phenoxy) is 1. The number of carbonyl (C=O) groups excluding carboxylic acids is 1. The van der Waals surface area contributed by atoms with Crippen LogP contribution in [0.25, 0.3) is 0 Å². The minimum atomic E-state index is -0.872. The van der Waals surface area contributed by atoms with Crippen molar-refractivity contribution in [2.24, 2.45) is 5.73 Å². The Hall–Kier alpha value is -0.650. The lowest BCUT2D eigenvalue weighted by atomic mass is 9.98. The fourth-order valence-corrected chi connectivity index (χ4v) is 3.33. The third-order valence-corrected chi connectivity index (χ3v) is 4.73. The highest BCUT2D eigenvalue weighted by molar-refractivity contribution is 5.79. The average molecular weight is 283 g/mol. The second-order valence-electron chi connectivity index (χ2n) is 6.52.